The van der Waals surface area contributed by atoms with Crippen LogP contribution in [0.25, 0.3) is 0 Å². The fourth-order valence-electron chi connectivity index (χ4n) is 1.68. The van der Waals surface area contributed by atoms with Gasteiger partial charge in [0, 0.05) is 0 Å². The maximum Gasteiger partial charge on any atom is 0.488 e. The molecule has 0 amide bonds. The Morgan fingerprint density at radius 2 is 1.48 bits per heavy atom. The van der Waals surface area contributed by atoms with E-state index in [0.717, 1.165) is 0 Å². The lowest BCUT2D eigenvalue weighted by Gasteiger charge is -2.03. The van der Waals surface area contributed by atoms with Crippen LogP contribution < -0.4 is 16.7 Å². The minimum atomic E-state index is -1.60. The zero-order valence-electron chi connectivity index (χ0n) is 11.0. The van der Waals surface area contributed by atoms with E-state index in [1.165, 1.54) is 24.3 Å². The number of hydrogen-bond donors (Lipinski definition) is 5. The number of benzene rings is 2. The van der Waals surface area contributed by atoms with Gasteiger partial charge in [-0.25, -0.2) is 0 Å². The van der Waals surface area contributed by atoms with Crippen molar-refractivity contribution in [3.8, 4) is 0 Å². The molecule has 0 unspecified atom stereocenters. The molecule has 0 bridgehead atoms. The molecule has 0 aliphatic carbocycles. The molecule has 2 rings (SSSR count). The van der Waals surface area contributed by atoms with Crippen LogP contribution in [-0.4, -0.2) is 34.3 Å². The second kappa shape index (κ2) is 6.51. The molecule has 6 N–H and O–H groups in total. The summed E-state index contributed by atoms with van der Waals surface area (Å²) in [7, 11) is -3.17. The van der Waals surface area contributed by atoms with Gasteiger partial charge in [-0.3, -0.25) is 0 Å². The molecular formula is C12H13B2N3O4. The fourth-order valence-corrected chi connectivity index (χ4v) is 1.68. The van der Waals surface area contributed by atoms with Crippen LogP contribution in [0.2, 0.25) is 0 Å². The van der Waals surface area contributed by atoms with Crippen molar-refractivity contribution < 1.29 is 20.1 Å². The average Bonchev–Trinajstić information content (AvgIpc) is 2.46. The van der Waals surface area contributed by atoms with E-state index in [0.29, 0.717) is 16.8 Å². The van der Waals surface area contributed by atoms with Crippen molar-refractivity contribution in [3.63, 3.8) is 0 Å². The number of nitrogens with two attached hydrogens (primary N) is 1. The minimum absolute atomic E-state index is 0.252. The van der Waals surface area contributed by atoms with Crippen LogP contribution >= 0.6 is 0 Å². The first-order chi connectivity index (χ1) is 9.97. The zero-order valence-corrected chi connectivity index (χ0v) is 11.0. The standard InChI is InChI=1S/C12H13B2N3O4/c15-11-7-9(14(20)21)4-5-12(11)17-16-10-3-1-2-8(6-10)13(18)19/h1-7,18-21H,15H2. The molecule has 0 radical (unpaired) electrons. The Morgan fingerprint density at radius 1 is 0.810 bits per heavy atom. The summed E-state index contributed by atoms with van der Waals surface area (Å²) >= 11 is 0. The summed E-state index contributed by atoms with van der Waals surface area (Å²) in [6.07, 6.45) is 0. The molecule has 9 heteroatoms. The lowest BCUT2D eigenvalue weighted by atomic mass is 9.80. The lowest BCUT2D eigenvalue weighted by Crippen LogP contribution is -2.29. The summed E-state index contributed by atoms with van der Waals surface area (Å²) in [6.45, 7) is 0. The molecule has 0 aromatic heterocycles. The van der Waals surface area contributed by atoms with Crippen molar-refractivity contribution in [2.75, 3.05) is 5.73 Å². The highest BCUT2D eigenvalue weighted by Crippen LogP contribution is 2.22. The highest BCUT2D eigenvalue weighted by atomic mass is 16.4. The zero-order chi connectivity index (χ0) is 15.4. The summed E-state index contributed by atoms with van der Waals surface area (Å²) in [5.41, 5.74) is 7.37. The van der Waals surface area contributed by atoms with Gasteiger partial charge in [-0.2, -0.15) is 5.11 Å². The summed E-state index contributed by atoms with van der Waals surface area (Å²) in [4.78, 5) is 0. The molecule has 0 saturated carbocycles. The van der Waals surface area contributed by atoms with Gasteiger partial charge in [0.1, 0.15) is 5.69 Å². The van der Waals surface area contributed by atoms with Gasteiger partial charge in [0.2, 0.25) is 0 Å². The Kier molecular flexibility index (Phi) is 4.71. The first kappa shape index (κ1) is 15.2. The predicted octanol–water partition coefficient (Wildman–Crippen LogP) is -0.956. The SMILES string of the molecule is Nc1cc(B(O)O)ccc1N=Nc1cccc(B(O)O)c1. The molecule has 0 saturated heterocycles. The van der Waals surface area contributed by atoms with Gasteiger partial charge in [-0.15, -0.1) is 5.11 Å². The van der Waals surface area contributed by atoms with E-state index in [4.69, 9.17) is 25.8 Å². The summed E-state index contributed by atoms with van der Waals surface area (Å²) in [5.74, 6) is 0. The van der Waals surface area contributed by atoms with Gasteiger partial charge in [0.25, 0.3) is 0 Å². The maximum absolute atomic E-state index is 9.08. The number of anilines is 1. The van der Waals surface area contributed by atoms with Gasteiger partial charge in [0.15, 0.2) is 0 Å². The van der Waals surface area contributed by atoms with Crippen molar-refractivity contribution in [1.29, 1.82) is 0 Å². The van der Waals surface area contributed by atoms with E-state index in [1.54, 1.807) is 18.2 Å². The number of rotatable bonds is 4. The van der Waals surface area contributed by atoms with Crippen LogP contribution in [0.4, 0.5) is 17.1 Å². The van der Waals surface area contributed by atoms with Gasteiger partial charge in [-0.05, 0) is 35.2 Å². The maximum atomic E-state index is 9.08. The molecule has 106 valence electrons. The third-order valence-corrected chi connectivity index (χ3v) is 2.79. The van der Waals surface area contributed by atoms with Gasteiger partial charge < -0.3 is 25.8 Å². The molecule has 2 aromatic carbocycles. The summed E-state index contributed by atoms with van der Waals surface area (Å²) in [5, 5.41) is 44.1. The van der Waals surface area contributed by atoms with E-state index >= 15 is 0 Å². The quantitative estimate of drug-likeness (QED) is 0.280. The highest BCUT2D eigenvalue weighted by Gasteiger charge is 2.12. The van der Waals surface area contributed by atoms with E-state index in [9.17, 15) is 0 Å². The Hall–Kier alpha value is -2.19. The number of azo groups is 1. The van der Waals surface area contributed by atoms with Crippen molar-refractivity contribution in [1.82, 2.24) is 0 Å². The fraction of sp³-hybridized carbons (Fsp3) is 0. The average molecular weight is 285 g/mol. The van der Waals surface area contributed by atoms with Gasteiger partial charge >= 0.3 is 14.2 Å². The lowest BCUT2D eigenvalue weighted by molar-refractivity contribution is 0.424. The molecular weight excluding hydrogens is 272 g/mol. The molecule has 0 fully saturated rings. The van der Waals surface area contributed by atoms with Crippen LogP contribution in [0, 0.1) is 0 Å². The third kappa shape index (κ3) is 3.89. The molecule has 0 atom stereocenters. The molecule has 7 nitrogen and oxygen atoms in total. The first-order valence-corrected chi connectivity index (χ1v) is 6.11. The smallest absolute Gasteiger partial charge is 0.423 e. The second-order valence-electron chi connectivity index (χ2n) is 4.36. The van der Waals surface area contributed by atoms with Crippen molar-refractivity contribution >= 4 is 42.2 Å². The number of hydrogen-bond acceptors (Lipinski definition) is 7. The Balaban J connectivity index is 2.23. The van der Waals surface area contributed by atoms with E-state index in [2.05, 4.69) is 10.2 Å². The van der Waals surface area contributed by atoms with E-state index in [-0.39, 0.29) is 11.2 Å². The topological polar surface area (TPSA) is 132 Å². The molecule has 21 heavy (non-hydrogen) atoms. The van der Waals surface area contributed by atoms with Gasteiger partial charge in [0.05, 0.1) is 11.4 Å². The number of nitrogens with zero attached hydrogens (tertiary/aromatic N) is 2. The van der Waals surface area contributed by atoms with Crippen LogP contribution in [0.3, 0.4) is 0 Å². The molecule has 0 spiro atoms. The monoisotopic (exact) mass is 285 g/mol. The van der Waals surface area contributed by atoms with Crippen LogP contribution in [0.5, 0.6) is 0 Å². The van der Waals surface area contributed by atoms with Crippen LogP contribution in [-0.2, 0) is 0 Å². The largest absolute Gasteiger partial charge is 0.488 e. The molecule has 0 aliphatic rings. The molecule has 0 aliphatic heterocycles. The van der Waals surface area contributed by atoms with E-state index < -0.39 is 14.2 Å². The number of nitrogen functional groups attached to an aromatic ring is 1. The Morgan fingerprint density at radius 3 is 2.10 bits per heavy atom. The first-order valence-electron chi connectivity index (χ1n) is 6.11. The highest BCUT2D eigenvalue weighted by molar-refractivity contribution is 6.59. The third-order valence-electron chi connectivity index (χ3n) is 2.79. The van der Waals surface area contributed by atoms with E-state index in [1.807, 2.05) is 0 Å². The predicted molar refractivity (Wildman–Crippen MR) is 81.1 cm³/mol. The van der Waals surface area contributed by atoms with Crippen LogP contribution in [0.15, 0.2) is 52.7 Å². The normalized spacial score (nSPS) is 10.9. The Labute approximate surface area is 121 Å². The second-order valence-corrected chi connectivity index (χ2v) is 4.36. The molecule has 0 heterocycles. The summed E-state index contributed by atoms with van der Waals surface area (Å²) in [6, 6.07) is 10.7. The van der Waals surface area contributed by atoms with Crippen molar-refractivity contribution in [2.24, 2.45) is 10.2 Å². The summed E-state index contributed by atoms with van der Waals surface area (Å²) < 4.78 is 0. The Bertz CT molecular complexity index is 665. The van der Waals surface area contributed by atoms with Crippen molar-refractivity contribution in [3.05, 3.63) is 42.5 Å². The van der Waals surface area contributed by atoms with Crippen molar-refractivity contribution in [2.45, 2.75) is 0 Å². The minimum Gasteiger partial charge on any atom is -0.423 e. The molecule has 2 aromatic rings. The van der Waals surface area contributed by atoms with Gasteiger partial charge in [-0.1, -0.05) is 18.2 Å². The van der Waals surface area contributed by atoms with Crippen LogP contribution in [0.1, 0.15) is 0 Å².